The summed E-state index contributed by atoms with van der Waals surface area (Å²) in [4.78, 5) is 20.3. The van der Waals surface area contributed by atoms with Crippen LogP contribution in [-0.4, -0.2) is 53.3 Å². The van der Waals surface area contributed by atoms with E-state index in [2.05, 4.69) is 136 Å². The lowest BCUT2D eigenvalue weighted by Crippen LogP contribution is -2.48. The molecule has 0 aromatic heterocycles. The summed E-state index contributed by atoms with van der Waals surface area (Å²) in [7, 11) is 0. The molecule has 0 radical (unpaired) electrons. The molecule has 4 aromatic carbocycles. The number of benzene rings is 4. The van der Waals surface area contributed by atoms with Crippen molar-refractivity contribution in [1.29, 1.82) is 0 Å². The first kappa shape index (κ1) is 22.1. The van der Waals surface area contributed by atoms with Gasteiger partial charge >= 0.3 is 0 Å². The van der Waals surface area contributed by atoms with E-state index in [1.54, 1.807) is 0 Å². The van der Waals surface area contributed by atoms with E-state index >= 15 is 0 Å². The molecule has 0 saturated carbocycles. The fourth-order valence-corrected chi connectivity index (χ4v) is 7.22. The van der Waals surface area contributed by atoms with Gasteiger partial charge in [0.15, 0.2) is 0 Å². The third-order valence-electron chi connectivity index (χ3n) is 8.98. The molecule has 40 heavy (non-hydrogen) atoms. The van der Waals surface area contributed by atoms with Crippen LogP contribution < -0.4 is 39.2 Å². The highest BCUT2D eigenvalue weighted by Gasteiger charge is 2.37. The van der Waals surface area contributed by atoms with E-state index < -0.39 is 0 Å². The number of hydrogen-bond acceptors (Lipinski definition) is 8. The third kappa shape index (κ3) is 3.25. The molecule has 5 aliphatic heterocycles. The van der Waals surface area contributed by atoms with E-state index in [-0.39, 0.29) is 0 Å². The van der Waals surface area contributed by atoms with Gasteiger partial charge in [-0.05, 0) is 48.5 Å². The maximum Gasteiger partial charge on any atom is 0.0939 e. The molecule has 8 nitrogen and oxygen atoms in total. The van der Waals surface area contributed by atoms with Gasteiger partial charge < -0.3 is 39.2 Å². The predicted octanol–water partition coefficient (Wildman–Crippen LogP) is 4.97. The Morgan fingerprint density at radius 2 is 0.350 bits per heavy atom. The van der Waals surface area contributed by atoms with E-state index in [4.69, 9.17) is 0 Å². The lowest BCUT2D eigenvalue weighted by atomic mass is 10.2. The topological polar surface area (TPSA) is 25.9 Å². The molecule has 9 rings (SSSR count). The molecule has 0 N–H and O–H groups in total. The monoisotopic (exact) mass is 528 g/mol. The third-order valence-corrected chi connectivity index (χ3v) is 8.98. The number of fused-ring (bicyclic) bond motifs is 20. The largest absolute Gasteiger partial charge is 0.334 e. The Morgan fingerprint density at radius 1 is 0.225 bits per heavy atom. The zero-order chi connectivity index (χ0) is 26.2. The molecular weight excluding hydrogens is 496 g/mol. The first-order valence-electron chi connectivity index (χ1n) is 14.2. The molecule has 0 aliphatic carbocycles. The van der Waals surface area contributed by atoms with Gasteiger partial charge in [0.05, 0.1) is 98.8 Å². The van der Waals surface area contributed by atoms with Crippen LogP contribution in [0.15, 0.2) is 97.1 Å². The zero-order valence-corrected chi connectivity index (χ0v) is 22.5. The molecule has 8 bridgehead atoms. The standard InChI is InChI=1S/C32H32N8/c1-2-10-26-25(9-1)33-17-34(26)22-36-19-38(30-14-6-5-13-29(30)36)24-40-20-39(31-15-7-8-16-32(31)40)23-37-18-35(21-33)27-11-3-4-12-28(27)37/h1-16H,17-24H2. The van der Waals surface area contributed by atoms with Crippen LogP contribution in [0.3, 0.4) is 0 Å². The maximum absolute atomic E-state index is 2.54. The van der Waals surface area contributed by atoms with Gasteiger partial charge in [0.2, 0.25) is 0 Å². The Bertz CT molecular complexity index is 1260. The fourth-order valence-electron chi connectivity index (χ4n) is 7.22. The van der Waals surface area contributed by atoms with Crippen LogP contribution in [-0.2, 0) is 0 Å². The summed E-state index contributed by atoms with van der Waals surface area (Å²) in [5.74, 6) is 0. The Hall–Kier alpha value is -4.72. The summed E-state index contributed by atoms with van der Waals surface area (Å²) in [6, 6.07) is 35.6. The highest BCUT2D eigenvalue weighted by Crippen LogP contribution is 2.44. The minimum absolute atomic E-state index is 0.854. The first-order chi connectivity index (χ1) is 19.8. The first-order valence-corrected chi connectivity index (χ1v) is 14.2. The highest BCUT2D eigenvalue weighted by molar-refractivity contribution is 5.83. The van der Waals surface area contributed by atoms with Crippen molar-refractivity contribution in [3.05, 3.63) is 97.1 Å². The van der Waals surface area contributed by atoms with Crippen LogP contribution in [0.5, 0.6) is 0 Å². The van der Waals surface area contributed by atoms with Gasteiger partial charge in [0, 0.05) is 0 Å². The molecule has 5 heterocycles. The van der Waals surface area contributed by atoms with Crippen molar-refractivity contribution >= 4 is 45.5 Å². The number of nitrogens with zero attached hydrogens (tertiary/aromatic N) is 8. The number of hydrogen-bond donors (Lipinski definition) is 0. The average Bonchev–Trinajstić information content (AvgIpc) is 3.73. The van der Waals surface area contributed by atoms with E-state index in [1.807, 2.05) is 0 Å². The molecule has 0 atom stereocenters. The Balaban J connectivity index is 1.15. The second-order valence-electron chi connectivity index (χ2n) is 11.4. The van der Waals surface area contributed by atoms with Crippen LogP contribution in [0, 0.1) is 0 Å². The van der Waals surface area contributed by atoms with Crippen molar-refractivity contribution in [3.63, 3.8) is 0 Å². The second-order valence-corrected chi connectivity index (χ2v) is 11.4. The molecule has 0 unspecified atom stereocenters. The molecule has 200 valence electrons. The number of rotatable bonds is 0. The Kier molecular flexibility index (Phi) is 4.64. The molecular formula is C32H32N8. The minimum atomic E-state index is 0.854. The van der Waals surface area contributed by atoms with Crippen molar-refractivity contribution < 1.29 is 0 Å². The van der Waals surface area contributed by atoms with E-state index in [0.29, 0.717) is 0 Å². The summed E-state index contributed by atoms with van der Waals surface area (Å²) < 4.78 is 0. The Morgan fingerprint density at radius 3 is 0.475 bits per heavy atom. The SMILES string of the molecule is c1ccc2c(c1)N1CN2CN2CN(CN3CN(CN4CN(C1)c1ccccc14)c1ccccc13)c1ccccc12. The van der Waals surface area contributed by atoms with Crippen LogP contribution in [0.1, 0.15) is 0 Å². The molecule has 4 aromatic rings. The van der Waals surface area contributed by atoms with Crippen molar-refractivity contribution in [3.8, 4) is 0 Å². The summed E-state index contributed by atoms with van der Waals surface area (Å²) in [5.41, 5.74) is 10.5. The predicted molar refractivity (Wildman–Crippen MR) is 165 cm³/mol. The Labute approximate surface area is 235 Å². The normalized spacial score (nSPS) is 18.8. The van der Waals surface area contributed by atoms with Gasteiger partial charge in [-0.25, -0.2) is 0 Å². The smallest absolute Gasteiger partial charge is 0.0939 e. The molecule has 1 saturated heterocycles. The average molecular weight is 529 g/mol. The van der Waals surface area contributed by atoms with Crippen LogP contribution >= 0.6 is 0 Å². The molecule has 8 heteroatoms. The van der Waals surface area contributed by atoms with Crippen LogP contribution in [0.25, 0.3) is 0 Å². The van der Waals surface area contributed by atoms with Gasteiger partial charge in [-0.3, -0.25) is 0 Å². The van der Waals surface area contributed by atoms with E-state index in [0.717, 1.165) is 53.3 Å². The van der Waals surface area contributed by atoms with Gasteiger partial charge in [0.1, 0.15) is 0 Å². The highest BCUT2D eigenvalue weighted by atomic mass is 15.6. The quantitative estimate of drug-likeness (QED) is 0.316. The minimum Gasteiger partial charge on any atom is -0.334 e. The maximum atomic E-state index is 2.54. The second kappa shape index (κ2) is 8.39. The van der Waals surface area contributed by atoms with Crippen LogP contribution in [0.4, 0.5) is 45.5 Å². The molecule has 5 aliphatic rings. The van der Waals surface area contributed by atoms with Gasteiger partial charge in [0.25, 0.3) is 0 Å². The van der Waals surface area contributed by atoms with Gasteiger partial charge in [-0.15, -0.1) is 0 Å². The fraction of sp³-hybridized carbons (Fsp3) is 0.250. The molecule has 0 amide bonds. The lowest BCUT2D eigenvalue weighted by Gasteiger charge is -2.33. The summed E-state index contributed by atoms with van der Waals surface area (Å²) >= 11 is 0. The van der Waals surface area contributed by atoms with Crippen LogP contribution in [0.2, 0.25) is 0 Å². The number of para-hydroxylation sites is 8. The zero-order valence-electron chi connectivity index (χ0n) is 22.5. The van der Waals surface area contributed by atoms with Gasteiger partial charge in [-0.2, -0.15) is 0 Å². The van der Waals surface area contributed by atoms with E-state index in [9.17, 15) is 0 Å². The lowest BCUT2D eigenvalue weighted by molar-refractivity contribution is 0.659. The van der Waals surface area contributed by atoms with Crippen molar-refractivity contribution in [2.75, 3.05) is 92.5 Å². The van der Waals surface area contributed by atoms with E-state index in [1.165, 1.54) is 45.5 Å². The van der Waals surface area contributed by atoms with Gasteiger partial charge in [-0.1, -0.05) is 48.5 Å². The molecule has 0 spiro atoms. The molecule has 1 fully saturated rings. The number of anilines is 8. The summed E-state index contributed by atoms with van der Waals surface area (Å²) in [6.45, 7) is 6.92. The van der Waals surface area contributed by atoms with Crippen molar-refractivity contribution in [2.45, 2.75) is 0 Å². The van der Waals surface area contributed by atoms with Crippen molar-refractivity contribution in [2.24, 2.45) is 0 Å². The summed E-state index contributed by atoms with van der Waals surface area (Å²) in [6.07, 6.45) is 0. The van der Waals surface area contributed by atoms with Crippen molar-refractivity contribution in [1.82, 2.24) is 0 Å². The summed E-state index contributed by atoms with van der Waals surface area (Å²) in [5, 5.41) is 0.